The number of allylic oxidation sites excluding steroid dienone is 2. The predicted molar refractivity (Wildman–Crippen MR) is 110 cm³/mol. The van der Waals surface area contributed by atoms with E-state index in [0.29, 0.717) is 0 Å². The summed E-state index contributed by atoms with van der Waals surface area (Å²) in [5.41, 5.74) is 5.14. The van der Waals surface area contributed by atoms with Crippen molar-refractivity contribution in [2.75, 3.05) is 14.2 Å². The van der Waals surface area contributed by atoms with Gasteiger partial charge in [-0.1, -0.05) is 43.4 Å². The van der Waals surface area contributed by atoms with E-state index in [1.54, 1.807) is 20.4 Å². The normalized spacial score (nSPS) is 18.8. The highest BCUT2D eigenvalue weighted by Crippen LogP contribution is 2.35. The monoisotopic (exact) mass is 373 g/mol. The Hall–Kier alpha value is -3.18. The molecule has 5 heteroatoms. The Balaban J connectivity index is 1.82. The van der Waals surface area contributed by atoms with Gasteiger partial charge in [-0.2, -0.15) is 0 Å². The molecule has 0 amide bonds. The standard InChI is InChI=1S/C23H23N3O2/c1-16-12-17(8-9-22(16)27-2)20-13-25-15-26(20)21-14-24-11-10-18(21)19-6-4-5-7-23(19)28-3/h4-16,22H,1-3H3. The number of rotatable bonds is 5. The van der Waals surface area contributed by atoms with Crippen LogP contribution in [0.3, 0.4) is 0 Å². The Morgan fingerprint density at radius 2 is 1.86 bits per heavy atom. The smallest absolute Gasteiger partial charge is 0.126 e. The van der Waals surface area contributed by atoms with E-state index < -0.39 is 0 Å². The van der Waals surface area contributed by atoms with E-state index in [1.165, 1.54) is 0 Å². The number of nitrogens with zero attached hydrogens (tertiary/aromatic N) is 3. The summed E-state index contributed by atoms with van der Waals surface area (Å²) in [6, 6.07) is 10.0. The Labute approximate surface area is 165 Å². The molecule has 2 aromatic heterocycles. The predicted octanol–water partition coefficient (Wildman–Crippen LogP) is 4.55. The molecule has 0 fully saturated rings. The molecule has 1 aliphatic rings. The fourth-order valence-electron chi connectivity index (χ4n) is 3.64. The molecule has 3 aromatic rings. The summed E-state index contributed by atoms with van der Waals surface area (Å²) in [4.78, 5) is 8.78. The van der Waals surface area contributed by atoms with Crippen LogP contribution in [-0.4, -0.2) is 34.9 Å². The molecule has 0 saturated carbocycles. The van der Waals surface area contributed by atoms with Gasteiger partial charge in [0.2, 0.25) is 0 Å². The van der Waals surface area contributed by atoms with Gasteiger partial charge in [0, 0.05) is 30.4 Å². The van der Waals surface area contributed by atoms with Crippen LogP contribution in [0.5, 0.6) is 5.75 Å². The van der Waals surface area contributed by atoms with E-state index in [1.807, 2.05) is 43.0 Å². The van der Waals surface area contributed by atoms with Gasteiger partial charge in [-0.3, -0.25) is 9.55 Å². The van der Waals surface area contributed by atoms with Crippen LogP contribution in [0, 0.1) is 5.92 Å². The van der Waals surface area contributed by atoms with Crippen LogP contribution in [-0.2, 0) is 4.74 Å². The SMILES string of the molecule is COc1ccccc1-c1ccncc1-n1cncc1C1=CC(C)C(OC)C=C1. The maximum absolute atomic E-state index is 5.58. The molecule has 2 unspecified atom stereocenters. The lowest BCUT2D eigenvalue weighted by Crippen LogP contribution is -2.19. The lowest BCUT2D eigenvalue weighted by molar-refractivity contribution is 0.112. The molecule has 0 saturated heterocycles. The molecule has 5 nitrogen and oxygen atoms in total. The largest absolute Gasteiger partial charge is 0.496 e. The van der Waals surface area contributed by atoms with Gasteiger partial charge >= 0.3 is 0 Å². The minimum absolute atomic E-state index is 0.0997. The Kier molecular flexibility index (Phi) is 5.08. The molecule has 0 spiro atoms. The van der Waals surface area contributed by atoms with Gasteiger partial charge in [0.1, 0.15) is 5.75 Å². The zero-order chi connectivity index (χ0) is 19.5. The topological polar surface area (TPSA) is 49.2 Å². The molecule has 142 valence electrons. The maximum Gasteiger partial charge on any atom is 0.126 e. The average Bonchev–Trinajstić information content (AvgIpc) is 3.23. The maximum atomic E-state index is 5.58. The summed E-state index contributed by atoms with van der Waals surface area (Å²) in [5, 5.41) is 0. The molecule has 1 aromatic carbocycles. The van der Waals surface area contributed by atoms with Crippen molar-refractivity contribution in [1.29, 1.82) is 0 Å². The fourth-order valence-corrected chi connectivity index (χ4v) is 3.64. The van der Waals surface area contributed by atoms with Crippen molar-refractivity contribution < 1.29 is 9.47 Å². The second-order valence-corrected chi connectivity index (χ2v) is 6.78. The summed E-state index contributed by atoms with van der Waals surface area (Å²) in [6.07, 6.45) is 13.9. The summed E-state index contributed by atoms with van der Waals surface area (Å²) in [7, 11) is 3.43. The lowest BCUT2D eigenvalue weighted by atomic mass is 9.93. The Bertz CT molecular complexity index is 1040. The highest BCUT2D eigenvalue weighted by atomic mass is 16.5. The Morgan fingerprint density at radius 3 is 2.64 bits per heavy atom. The average molecular weight is 373 g/mol. The number of hydrogen-bond acceptors (Lipinski definition) is 4. The number of pyridine rings is 1. The molecule has 28 heavy (non-hydrogen) atoms. The molecular formula is C23H23N3O2. The fraction of sp³-hybridized carbons (Fsp3) is 0.217. The van der Waals surface area contributed by atoms with E-state index in [0.717, 1.165) is 33.8 Å². The number of ether oxygens (including phenoxy) is 2. The molecule has 2 heterocycles. The number of methoxy groups -OCH3 is 2. The first kappa shape index (κ1) is 18.2. The molecule has 0 aliphatic heterocycles. The summed E-state index contributed by atoms with van der Waals surface area (Å²) < 4.78 is 13.2. The van der Waals surface area contributed by atoms with E-state index in [2.05, 4.69) is 45.8 Å². The third kappa shape index (κ3) is 3.25. The van der Waals surface area contributed by atoms with Crippen molar-refractivity contribution in [3.05, 3.63) is 79.2 Å². The van der Waals surface area contributed by atoms with Crippen molar-refractivity contribution >= 4 is 5.57 Å². The van der Waals surface area contributed by atoms with Crippen LogP contribution < -0.4 is 4.74 Å². The molecule has 4 rings (SSSR count). The van der Waals surface area contributed by atoms with Gasteiger partial charge in [-0.15, -0.1) is 0 Å². The quantitative estimate of drug-likeness (QED) is 0.658. The van der Waals surface area contributed by atoms with Gasteiger partial charge in [-0.05, 0) is 17.7 Å². The first-order valence-electron chi connectivity index (χ1n) is 9.26. The summed E-state index contributed by atoms with van der Waals surface area (Å²) in [6.45, 7) is 2.16. The molecule has 0 bridgehead atoms. The Morgan fingerprint density at radius 1 is 1.00 bits per heavy atom. The number of benzene rings is 1. The summed E-state index contributed by atoms with van der Waals surface area (Å²) in [5.74, 6) is 1.11. The first-order chi connectivity index (χ1) is 13.7. The zero-order valence-electron chi connectivity index (χ0n) is 16.2. The van der Waals surface area contributed by atoms with E-state index in [9.17, 15) is 0 Å². The highest BCUT2D eigenvalue weighted by molar-refractivity contribution is 5.80. The number of hydrogen-bond donors (Lipinski definition) is 0. The van der Waals surface area contributed by atoms with Crippen molar-refractivity contribution in [1.82, 2.24) is 14.5 Å². The lowest BCUT2D eigenvalue weighted by Gasteiger charge is -2.22. The van der Waals surface area contributed by atoms with Crippen LogP contribution in [0.25, 0.3) is 22.4 Å². The van der Waals surface area contributed by atoms with Crippen LogP contribution in [0.1, 0.15) is 12.6 Å². The van der Waals surface area contributed by atoms with Crippen LogP contribution in [0.4, 0.5) is 0 Å². The highest BCUT2D eigenvalue weighted by Gasteiger charge is 2.20. The number of aromatic nitrogens is 3. The van der Waals surface area contributed by atoms with Gasteiger partial charge in [0.05, 0.1) is 43.3 Å². The second kappa shape index (κ2) is 7.82. The van der Waals surface area contributed by atoms with Crippen molar-refractivity contribution in [3.8, 4) is 22.6 Å². The molecule has 1 aliphatic carbocycles. The molecule has 0 radical (unpaired) electrons. The third-order valence-corrected chi connectivity index (χ3v) is 5.09. The van der Waals surface area contributed by atoms with Gasteiger partial charge < -0.3 is 9.47 Å². The van der Waals surface area contributed by atoms with Gasteiger partial charge in [0.25, 0.3) is 0 Å². The van der Waals surface area contributed by atoms with Crippen molar-refractivity contribution in [3.63, 3.8) is 0 Å². The molecule has 2 atom stereocenters. The van der Waals surface area contributed by atoms with Crippen molar-refractivity contribution in [2.45, 2.75) is 13.0 Å². The molecular weight excluding hydrogens is 350 g/mol. The third-order valence-electron chi connectivity index (χ3n) is 5.09. The van der Waals surface area contributed by atoms with E-state index in [-0.39, 0.29) is 12.0 Å². The number of para-hydroxylation sites is 1. The van der Waals surface area contributed by atoms with E-state index in [4.69, 9.17) is 9.47 Å². The summed E-state index contributed by atoms with van der Waals surface area (Å²) >= 11 is 0. The minimum Gasteiger partial charge on any atom is -0.496 e. The van der Waals surface area contributed by atoms with Crippen molar-refractivity contribution in [2.24, 2.45) is 5.92 Å². The number of imidazole rings is 1. The van der Waals surface area contributed by atoms with Crippen LogP contribution >= 0.6 is 0 Å². The molecule has 0 N–H and O–H groups in total. The minimum atomic E-state index is 0.0997. The van der Waals surface area contributed by atoms with Crippen LogP contribution in [0.2, 0.25) is 0 Å². The van der Waals surface area contributed by atoms with Gasteiger partial charge in [-0.25, -0.2) is 4.98 Å². The van der Waals surface area contributed by atoms with Gasteiger partial charge in [0.15, 0.2) is 0 Å². The van der Waals surface area contributed by atoms with Crippen LogP contribution in [0.15, 0.2) is 73.5 Å². The first-order valence-corrected chi connectivity index (χ1v) is 9.26. The second-order valence-electron chi connectivity index (χ2n) is 6.78. The zero-order valence-corrected chi connectivity index (χ0v) is 16.2. The van der Waals surface area contributed by atoms with E-state index >= 15 is 0 Å².